The number of carboxylic acids is 1. The van der Waals surface area contributed by atoms with Crippen LogP contribution in [-0.4, -0.2) is 66.3 Å². The molecule has 5 fully saturated rings. The third-order valence-electron chi connectivity index (χ3n) is 18.2. The first-order valence-electron chi connectivity index (χ1n) is 24.9. The summed E-state index contributed by atoms with van der Waals surface area (Å²) >= 11 is 0. The molecule has 0 heterocycles. The lowest BCUT2D eigenvalue weighted by molar-refractivity contribution is -0.249. The number of carboxylic acid groups (broad SMARTS) is 1. The molecule has 3 amide bonds. The van der Waals surface area contributed by atoms with Crippen molar-refractivity contribution in [2.24, 2.45) is 62.1 Å². The Hall–Kier alpha value is -3.11. The van der Waals surface area contributed by atoms with Crippen molar-refractivity contribution in [2.75, 3.05) is 19.6 Å². The number of unbranched alkanes of at least 4 members (excludes halogenated alkanes) is 6. The van der Waals surface area contributed by atoms with Crippen LogP contribution in [0.3, 0.4) is 0 Å². The van der Waals surface area contributed by atoms with E-state index >= 15 is 0 Å². The number of ether oxygens (including phenoxy) is 2. The van der Waals surface area contributed by atoms with Gasteiger partial charge in [0.15, 0.2) is 0 Å². The number of carbonyl (C=O) groups excluding carboxylic acids is 4. The molecule has 4 N–H and O–H groups in total. The van der Waals surface area contributed by atoms with Gasteiger partial charge in [-0.1, -0.05) is 78.9 Å². The number of aliphatic carboxylic acids is 1. The zero-order valence-electron chi connectivity index (χ0n) is 41.3. The van der Waals surface area contributed by atoms with E-state index in [4.69, 9.17) is 9.47 Å². The number of amides is 3. The minimum absolute atomic E-state index is 0.0922. The van der Waals surface area contributed by atoms with Crippen molar-refractivity contribution < 1.29 is 38.6 Å². The summed E-state index contributed by atoms with van der Waals surface area (Å²) in [6.07, 6.45) is 16.8. The number of esters is 1. The molecule has 0 radical (unpaired) electrons. The molecule has 0 bridgehead atoms. The Labute approximate surface area is 380 Å². The first-order chi connectivity index (χ1) is 29.2. The van der Waals surface area contributed by atoms with Crippen molar-refractivity contribution in [2.45, 2.75) is 203 Å². The predicted octanol–water partition coefficient (Wildman–Crippen LogP) is 10.5. The molecule has 5 rings (SSSR count). The fraction of sp³-hybridized carbons (Fsp3) is 0.865. The third-order valence-corrected chi connectivity index (χ3v) is 18.2. The molecule has 0 spiro atoms. The standard InChI is InChI=1S/C52H87N3O8/c1-34(2)35-22-27-52(43(58)54-31-19-17-15-13-14-16-18-30-53-40(56)33-55-45(61)63-46(3,4)5)29-28-50(11)36(42(35)52)20-21-38-49(10)25-24-39(62-41(57)32-47(6,7)44(59)60)48(8,9)37(49)23-26-51(38,50)12/h35-39,42H,1,13-33H2,2-12H3,(H,53,56)(H,54,58)(H,55,61)(H,59,60)/t35-,36+,37-,38+,39-,42+,49-,50+,51+,52-/m0/s1. The summed E-state index contributed by atoms with van der Waals surface area (Å²) in [6, 6.07) is 0. The Kier molecular flexibility index (Phi) is 15.7. The molecular formula is C52H87N3O8. The summed E-state index contributed by atoms with van der Waals surface area (Å²) in [4.78, 5) is 63.3. The van der Waals surface area contributed by atoms with Gasteiger partial charge in [-0.15, -0.1) is 0 Å². The van der Waals surface area contributed by atoms with Crippen LogP contribution >= 0.6 is 0 Å². The lowest BCUT2D eigenvalue weighted by atomic mass is 9.32. The highest BCUT2D eigenvalue weighted by Crippen LogP contribution is 2.77. The summed E-state index contributed by atoms with van der Waals surface area (Å²) in [5.41, 5.74) is -0.744. The molecule has 11 nitrogen and oxygen atoms in total. The van der Waals surface area contributed by atoms with Crippen molar-refractivity contribution in [1.82, 2.24) is 16.0 Å². The molecule has 5 aliphatic carbocycles. The Bertz CT molecular complexity index is 1700. The monoisotopic (exact) mass is 882 g/mol. The Morgan fingerprint density at radius 1 is 0.698 bits per heavy atom. The maximum absolute atomic E-state index is 14.6. The highest BCUT2D eigenvalue weighted by Gasteiger charge is 2.72. The van der Waals surface area contributed by atoms with Crippen molar-refractivity contribution in [1.29, 1.82) is 0 Å². The second-order valence-corrected chi connectivity index (χ2v) is 24.0. The molecular weight excluding hydrogens is 795 g/mol. The molecule has 5 saturated carbocycles. The second-order valence-electron chi connectivity index (χ2n) is 24.0. The summed E-state index contributed by atoms with van der Waals surface area (Å²) < 4.78 is 11.4. The summed E-state index contributed by atoms with van der Waals surface area (Å²) in [7, 11) is 0. The van der Waals surface area contributed by atoms with E-state index in [1.54, 1.807) is 34.6 Å². The molecule has 11 heteroatoms. The fourth-order valence-corrected chi connectivity index (χ4v) is 14.6. The number of alkyl carbamates (subject to hydrolysis) is 1. The first kappa shape index (κ1) is 50.9. The number of allylic oxidation sites excluding steroid dienone is 1. The van der Waals surface area contributed by atoms with Gasteiger partial charge in [-0.05, 0) is 164 Å². The van der Waals surface area contributed by atoms with E-state index in [9.17, 15) is 29.1 Å². The zero-order valence-corrected chi connectivity index (χ0v) is 41.3. The lowest BCUT2D eigenvalue weighted by Crippen LogP contribution is -2.67. The van der Waals surface area contributed by atoms with Crippen molar-refractivity contribution >= 4 is 29.8 Å². The van der Waals surface area contributed by atoms with Gasteiger partial charge in [0.25, 0.3) is 0 Å². The topological polar surface area (TPSA) is 160 Å². The molecule has 0 aromatic rings. The van der Waals surface area contributed by atoms with Crippen LogP contribution in [0.2, 0.25) is 0 Å². The molecule has 0 aromatic carbocycles. The molecule has 0 aliphatic heterocycles. The summed E-state index contributed by atoms with van der Waals surface area (Å²) in [5.74, 6) is 0.750. The Balaban J connectivity index is 1.12. The van der Waals surface area contributed by atoms with Crippen LogP contribution in [-0.2, 0) is 28.7 Å². The minimum Gasteiger partial charge on any atom is -0.481 e. The fourth-order valence-electron chi connectivity index (χ4n) is 14.6. The number of carbonyl (C=O) groups is 5. The average Bonchev–Trinajstić information content (AvgIpc) is 3.58. The Morgan fingerprint density at radius 2 is 1.32 bits per heavy atom. The van der Waals surface area contributed by atoms with E-state index in [1.165, 1.54) is 5.57 Å². The quantitative estimate of drug-likeness (QED) is 0.0601. The summed E-state index contributed by atoms with van der Waals surface area (Å²) in [5, 5.41) is 18.5. The lowest BCUT2D eigenvalue weighted by Gasteiger charge is -2.72. The molecule has 10 atom stereocenters. The maximum atomic E-state index is 14.6. The van der Waals surface area contributed by atoms with E-state index in [-0.39, 0.29) is 58.0 Å². The van der Waals surface area contributed by atoms with Crippen LogP contribution < -0.4 is 16.0 Å². The van der Waals surface area contributed by atoms with Gasteiger partial charge in [0.2, 0.25) is 11.8 Å². The van der Waals surface area contributed by atoms with Gasteiger partial charge >= 0.3 is 18.0 Å². The number of nitrogens with one attached hydrogen (secondary N) is 3. The molecule has 0 unspecified atom stereocenters. The average molecular weight is 882 g/mol. The van der Waals surface area contributed by atoms with Crippen LogP contribution in [0.25, 0.3) is 0 Å². The highest BCUT2D eigenvalue weighted by molar-refractivity contribution is 5.84. The van der Waals surface area contributed by atoms with E-state index < -0.39 is 29.0 Å². The van der Waals surface area contributed by atoms with Gasteiger partial charge in [0.1, 0.15) is 11.7 Å². The molecule has 0 aromatic heterocycles. The van der Waals surface area contributed by atoms with Crippen LogP contribution in [0.5, 0.6) is 0 Å². The van der Waals surface area contributed by atoms with Crippen LogP contribution in [0.4, 0.5) is 4.79 Å². The van der Waals surface area contributed by atoms with Crippen LogP contribution in [0.15, 0.2) is 12.2 Å². The number of fused-ring (bicyclic) bond motifs is 7. The number of hydrogen-bond donors (Lipinski definition) is 4. The van der Waals surface area contributed by atoms with Crippen molar-refractivity contribution in [3.05, 3.63) is 12.2 Å². The third kappa shape index (κ3) is 10.5. The maximum Gasteiger partial charge on any atom is 0.408 e. The van der Waals surface area contributed by atoms with Gasteiger partial charge in [-0.25, -0.2) is 4.79 Å². The molecule has 5 aliphatic rings. The van der Waals surface area contributed by atoms with Gasteiger partial charge in [0, 0.05) is 18.5 Å². The zero-order chi connectivity index (χ0) is 46.8. The van der Waals surface area contributed by atoms with Gasteiger partial charge in [0.05, 0.1) is 23.8 Å². The van der Waals surface area contributed by atoms with Gasteiger partial charge in [-0.2, -0.15) is 0 Å². The predicted molar refractivity (Wildman–Crippen MR) is 247 cm³/mol. The second kappa shape index (κ2) is 19.4. The first-order valence-corrected chi connectivity index (χ1v) is 24.9. The normalized spacial score (nSPS) is 34.5. The van der Waals surface area contributed by atoms with Crippen molar-refractivity contribution in [3.8, 4) is 0 Å². The number of hydrogen-bond acceptors (Lipinski definition) is 7. The number of rotatable bonds is 18. The minimum atomic E-state index is -1.16. The molecule has 0 saturated heterocycles. The van der Waals surface area contributed by atoms with E-state index in [0.29, 0.717) is 36.1 Å². The Morgan fingerprint density at radius 3 is 1.92 bits per heavy atom. The SMILES string of the molecule is C=C(C)[C@@H]1CC[C@]2(C(=O)NCCCCCCCCCNC(=O)CNC(=O)OC(C)(C)C)CC[C@]3(C)[C@H](CC[C@@H]4[C@@]5(C)CC[C@H](OC(=O)CC(C)(C)C(=O)O)C(C)(C)[C@@H]5CC[C@]43C)[C@@H]12. The van der Waals surface area contributed by atoms with Crippen LogP contribution in [0.1, 0.15) is 192 Å². The summed E-state index contributed by atoms with van der Waals surface area (Å²) in [6.45, 7) is 28.8. The van der Waals surface area contributed by atoms with E-state index in [0.717, 1.165) is 116 Å². The van der Waals surface area contributed by atoms with Crippen LogP contribution in [0, 0.1) is 62.1 Å². The molecule has 358 valence electrons. The van der Waals surface area contributed by atoms with Gasteiger partial charge in [-0.3, -0.25) is 19.2 Å². The van der Waals surface area contributed by atoms with E-state index in [2.05, 4.69) is 64.1 Å². The van der Waals surface area contributed by atoms with Crippen molar-refractivity contribution in [3.63, 3.8) is 0 Å². The van der Waals surface area contributed by atoms with Gasteiger partial charge < -0.3 is 30.5 Å². The highest BCUT2D eigenvalue weighted by atomic mass is 16.6. The van der Waals surface area contributed by atoms with E-state index in [1.807, 2.05) is 0 Å². The smallest absolute Gasteiger partial charge is 0.408 e. The molecule has 63 heavy (non-hydrogen) atoms. The largest absolute Gasteiger partial charge is 0.481 e.